The van der Waals surface area contributed by atoms with Crippen molar-refractivity contribution in [1.82, 2.24) is 4.90 Å². The van der Waals surface area contributed by atoms with Gasteiger partial charge in [0, 0.05) is 24.2 Å². The van der Waals surface area contributed by atoms with Crippen molar-refractivity contribution < 1.29 is 14.3 Å². The summed E-state index contributed by atoms with van der Waals surface area (Å²) in [5.41, 5.74) is 1.16. The van der Waals surface area contributed by atoms with Crippen LogP contribution in [-0.2, 0) is 4.79 Å². The van der Waals surface area contributed by atoms with Gasteiger partial charge in [-0.3, -0.25) is 9.59 Å². The first kappa shape index (κ1) is 20.0. The largest absolute Gasteiger partial charge is 0.483 e. The minimum absolute atomic E-state index is 0.0267. The lowest BCUT2D eigenvalue weighted by molar-refractivity contribution is -0.133. The van der Waals surface area contributed by atoms with Crippen molar-refractivity contribution in [3.8, 4) is 5.75 Å². The molecule has 3 aromatic rings. The Kier molecular flexibility index (Phi) is 6.28. The molecule has 1 aliphatic heterocycles. The average Bonchev–Trinajstić information content (AvgIpc) is 3.08. The first-order chi connectivity index (χ1) is 14.7. The van der Waals surface area contributed by atoms with Gasteiger partial charge in [-0.05, 0) is 36.4 Å². The molecule has 0 aliphatic carbocycles. The number of para-hydroxylation sites is 1. The number of nitrogens with one attached hydrogen (secondary N) is 1. The van der Waals surface area contributed by atoms with Gasteiger partial charge in [-0.1, -0.05) is 61.4 Å². The molecule has 5 nitrogen and oxygen atoms in total. The van der Waals surface area contributed by atoms with Crippen molar-refractivity contribution in [2.24, 2.45) is 0 Å². The minimum atomic E-state index is -0.260. The Morgan fingerprint density at radius 2 is 1.53 bits per heavy atom. The number of amides is 2. The fourth-order valence-corrected chi connectivity index (χ4v) is 3.86. The Balaban J connectivity index is 1.47. The van der Waals surface area contributed by atoms with E-state index in [4.69, 9.17) is 4.74 Å². The van der Waals surface area contributed by atoms with Gasteiger partial charge in [0.1, 0.15) is 5.75 Å². The third kappa shape index (κ3) is 4.62. The van der Waals surface area contributed by atoms with E-state index in [2.05, 4.69) is 5.32 Å². The van der Waals surface area contributed by atoms with E-state index in [0.717, 1.165) is 42.4 Å². The van der Waals surface area contributed by atoms with Gasteiger partial charge in [0.05, 0.1) is 5.56 Å². The van der Waals surface area contributed by atoms with Crippen molar-refractivity contribution in [3.63, 3.8) is 0 Å². The maximum absolute atomic E-state index is 13.0. The number of likely N-dealkylation sites (tertiary alicyclic amines) is 1. The Hall–Kier alpha value is -3.34. The van der Waals surface area contributed by atoms with Crippen LogP contribution in [0.5, 0.6) is 5.75 Å². The summed E-state index contributed by atoms with van der Waals surface area (Å²) in [6, 6.07) is 20.8. The van der Waals surface area contributed by atoms with E-state index in [1.165, 1.54) is 12.8 Å². The van der Waals surface area contributed by atoms with E-state index in [-0.39, 0.29) is 18.4 Å². The molecule has 0 bridgehead atoms. The lowest BCUT2D eigenvalue weighted by Gasteiger charge is -2.20. The van der Waals surface area contributed by atoms with Crippen LogP contribution >= 0.6 is 0 Å². The molecule has 0 saturated carbocycles. The maximum Gasteiger partial charge on any atom is 0.260 e. The van der Waals surface area contributed by atoms with E-state index in [1.54, 1.807) is 24.3 Å². The number of carbonyl (C=O) groups excluding carboxylic acids is 2. The molecule has 0 spiro atoms. The first-order valence-electron chi connectivity index (χ1n) is 10.5. The SMILES string of the molecule is O=C(Nc1cccc2ccccc12)c1ccccc1OCC(=O)N1CCCCCC1. The van der Waals surface area contributed by atoms with E-state index in [9.17, 15) is 9.59 Å². The zero-order valence-corrected chi connectivity index (χ0v) is 17.0. The summed E-state index contributed by atoms with van der Waals surface area (Å²) in [4.78, 5) is 27.4. The molecule has 4 rings (SSSR count). The van der Waals surface area contributed by atoms with Crippen LogP contribution in [0.3, 0.4) is 0 Å². The molecule has 5 heteroatoms. The Labute approximate surface area is 176 Å². The summed E-state index contributed by atoms with van der Waals surface area (Å²) in [7, 11) is 0. The van der Waals surface area contributed by atoms with Crippen molar-refractivity contribution in [2.75, 3.05) is 25.0 Å². The quantitative estimate of drug-likeness (QED) is 0.662. The standard InChI is InChI=1S/C25H26N2O3/c28-24(27-16-7-1-2-8-17-27)18-30-23-15-6-5-13-21(23)25(29)26-22-14-9-11-19-10-3-4-12-20(19)22/h3-6,9-15H,1-2,7-8,16-18H2,(H,26,29). The molecule has 0 aromatic heterocycles. The molecule has 1 aliphatic rings. The normalized spacial score (nSPS) is 14.2. The lowest BCUT2D eigenvalue weighted by Crippen LogP contribution is -2.35. The molecule has 2 amide bonds. The topological polar surface area (TPSA) is 58.6 Å². The van der Waals surface area contributed by atoms with Crippen molar-refractivity contribution >= 4 is 28.3 Å². The van der Waals surface area contributed by atoms with Gasteiger partial charge in [-0.2, -0.15) is 0 Å². The molecule has 3 aromatic carbocycles. The summed E-state index contributed by atoms with van der Waals surface area (Å²) in [5, 5.41) is 5.02. The van der Waals surface area contributed by atoms with E-state index in [0.29, 0.717) is 11.3 Å². The van der Waals surface area contributed by atoms with Crippen LogP contribution in [-0.4, -0.2) is 36.4 Å². The molecule has 1 N–H and O–H groups in total. The number of hydrogen-bond acceptors (Lipinski definition) is 3. The van der Waals surface area contributed by atoms with Gasteiger partial charge in [0.2, 0.25) is 0 Å². The predicted molar refractivity (Wildman–Crippen MR) is 119 cm³/mol. The first-order valence-corrected chi connectivity index (χ1v) is 10.5. The van der Waals surface area contributed by atoms with E-state index >= 15 is 0 Å². The van der Waals surface area contributed by atoms with Gasteiger partial charge in [-0.25, -0.2) is 0 Å². The number of fused-ring (bicyclic) bond motifs is 1. The van der Waals surface area contributed by atoms with Gasteiger partial charge >= 0.3 is 0 Å². The van der Waals surface area contributed by atoms with Gasteiger partial charge in [0.15, 0.2) is 6.61 Å². The van der Waals surface area contributed by atoms with Crippen LogP contribution < -0.4 is 10.1 Å². The van der Waals surface area contributed by atoms with Crippen LogP contribution in [0, 0.1) is 0 Å². The highest BCUT2D eigenvalue weighted by Crippen LogP contribution is 2.25. The molecule has 0 atom stereocenters. The zero-order valence-electron chi connectivity index (χ0n) is 17.0. The van der Waals surface area contributed by atoms with Gasteiger partial charge in [0.25, 0.3) is 11.8 Å². The fourth-order valence-electron chi connectivity index (χ4n) is 3.86. The number of benzene rings is 3. The van der Waals surface area contributed by atoms with Crippen molar-refractivity contribution in [1.29, 1.82) is 0 Å². The summed E-state index contributed by atoms with van der Waals surface area (Å²) < 4.78 is 5.79. The second-order valence-electron chi connectivity index (χ2n) is 7.56. The third-order valence-corrected chi connectivity index (χ3v) is 5.48. The highest BCUT2D eigenvalue weighted by atomic mass is 16.5. The summed E-state index contributed by atoms with van der Waals surface area (Å²) in [5.74, 6) is 0.128. The van der Waals surface area contributed by atoms with Gasteiger partial charge < -0.3 is 15.0 Å². The fraction of sp³-hybridized carbons (Fsp3) is 0.280. The number of carbonyl (C=O) groups is 2. The second-order valence-corrected chi connectivity index (χ2v) is 7.56. The maximum atomic E-state index is 13.0. The van der Waals surface area contributed by atoms with E-state index < -0.39 is 0 Å². The van der Waals surface area contributed by atoms with Crippen molar-refractivity contribution in [2.45, 2.75) is 25.7 Å². The van der Waals surface area contributed by atoms with Crippen LogP contribution in [0.4, 0.5) is 5.69 Å². The van der Waals surface area contributed by atoms with Crippen molar-refractivity contribution in [3.05, 3.63) is 72.3 Å². The van der Waals surface area contributed by atoms with Crippen LogP contribution in [0.2, 0.25) is 0 Å². The molecular weight excluding hydrogens is 376 g/mol. The number of anilines is 1. The third-order valence-electron chi connectivity index (χ3n) is 5.48. The monoisotopic (exact) mass is 402 g/mol. The lowest BCUT2D eigenvalue weighted by atomic mass is 10.1. The molecule has 1 fully saturated rings. The predicted octanol–water partition coefficient (Wildman–Crippen LogP) is 4.87. The van der Waals surface area contributed by atoms with E-state index in [1.807, 2.05) is 47.4 Å². The molecule has 154 valence electrons. The molecule has 30 heavy (non-hydrogen) atoms. The molecular formula is C25H26N2O3. The summed E-state index contributed by atoms with van der Waals surface area (Å²) >= 11 is 0. The number of rotatable bonds is 5. The Morgan fingerprint density at radius 1 is 0.833 bits per heavy atom. The molecule has 0 radical (unpaired) electrons. The highest BCUT2D eigenvalue weighted by Gasteiger charge is 2.18. The number of nitrogens with zero attached hydrogens (tertiary/aromatic N) is 1. The summed E-state index contributed by atoms with van der Waals surface area (Å²) in [6.45, 7) is 1.51. The molecule has 0 unspecified atom stereocenters. The van der Waals surface area contributed by atoms with Crippen LogP contribution in [0.1, 0.15) is 36.0 Å². The van der Waals surface area contributed by atoms with Crippen LogP contribution in [0.15, 0.2) is 66.7 Å². The smallest absolute Gasteiger partial charge is 0.260 e. The zero-order chi connectivity index (χ0) is 20.8. The highest BCUT2D eigenvalue weighted by molar-refractivity contribution is 6.10. The van der Waals surface area contributed by atoms with Gasteiger partial charge in [-0.15, -0.1) is 0 Å². The minimum Gasteiger partial charge on any atom is -0.483 e. The summed E-state index contributed by atoms with van der Waals surface area (Å²) in [6.07, 6.45) is 4.41. The Morgan fingerprint density at radius 3 is 2.37 bits per heavy atom. The number of ether oxygens (including phenoxy) is 1. The average molecular weight is 402 g/mol. The molecule has 1 saturated heterocycles. The van der Waals surface area contributed by atoms with Crippen LogP contribution in [0.25, 0.3) is 10.8 Å². The second kappa shape index (κ2) is 9.44. The number of hydrogen-bond donors (Lipinski definition) is 1. The Bertz CT molecular complexity index is 1030. The molecule has 1 heterocycles.